The third-order valence-electron chi connectivity index (χ3n) is 22.3. The van der Waals surface area contributed by atoms with Crippen LogP contribution in [0.1, 0.15) is 140 Å². The molecule has 4 aromatic heterocycles. The van der Waals surface area contributed by atoms with E-state index in [9.17, 15) is 96.7 Å². The first-order chi connectivity index (χ1) is 68.3. The van der Waals surface area contributed by atoms with E-state index in [0.29, 0.717) is 91.5 Å². The Morgan fingerprint density at radius 2 is 0.646 bits per heavy atom. The molecule has 0 bridgehead atoms. The second-order valence-electron chi connectivity index (χ2n) is 38.4. The molecule has 6 saturated heterocycles. The number of carbonyl (C=O) groups is 1. The topological polar surface area (TPSA) is 731 Å². The third kappa shape index (κ3) is 41.9. The Morgan fingerprint density at radius 3 is 0.958 bits per heavy atom. The van der Waals surface area contributed by atoms with E-state index >= 15 is 0 Å². The molecule has 144 heavy (non-hydrogen) atoms. The lowest BCUT2D eigenvalue weighted by Crippen LogP contribution is -2.65. The summed E-state index contributed by atoms with van der Waals surface area (Å²) in [6.07, 6.45) is -20.2. The van der Waals surface area contributed by atoms with E-state index in [2.05, 4.69) is 41.9 Å². The highest BCUT2D eigenvalue weighted by Crippen LogP contribution is 2.36. The van der Waals surface area contributed by atoms with Crippen molar-refractivity contribution in [2.75, 3.05) is 98.9 Å². The maximum absolute atomic E-state index is 11.1. The molecule has 13 unspecified atom stereocenters. The fraction of sp³-hybridized carbons (Fsp3) is 0.755. The van der Waals surface area contributed by atoms with E-state index in [1.807, 2.05) is 102 Å². The van der Waals surface area contributed by atoms with Crippen molar-refractivity contribution in [1.29, 1.82) is 0 Å². The Kier molecular flexibility index (Phi) is 54.8. The zero-order valence-electron chi connectivity index (χ0n) is 83.8. The van der Waals surface area contributed by atoms with Gasteiger partial charge < -0.3 is 183 Å². The number of aromatic nitrogens is 4. The van der Waals surface area contributed by atoms with Gasteiger partial charge in [0.1, 0.15) is 141 Å². The number of cyclic esters (lactones) is 1. The molecule has 0 aliphatic carbocycles. The summed E-state index contributed by atoms with van der Waals surface area (Å²) in [7, 11) is 0. The fourth-order valence-corrected chi connectivity index (χ4v) is 15.2. The van der Waals surface area contributed by atoms with E-state index in [-0.39, 0.29) is 40.0 Å². The summed E-state index contributed by atoms with van der Waals surface area (Å²) in [6.45, 7) is 25.0. The molecule has 6 fully saturated rings. The highest BCUT2D eigenvalue weighted by Gasteiger charge is 2.55. The van der Waals surface area contributed by atoms with Crippen molar-refractivity contribution in [3.8, 4) is 0 Å². The summed E-state index contributed by atoms with van der Waals surface area (Å²) in [4.78, 5) is 44.8. The van der Waals surface area contributed by atoms with Gasteiger partial charge in [-0.1, -0.05) is 0 Å². The summed E-state index contributed by atoms with van der Waals surface area (Å²) < 4.78 is 88.3. The first kappa shape index (κ1) is 125. The first-order valence-corrected chi connectivity index (χ1v) is 48.1. The molecule has 0 aromatic carbocycles. The highest BCUT2D eigenvalue weighted by molar-refractivity contribution is 5.76. The zero-order chi connectivity index (χ0) is 106. The van der Waals surface area contributed by atoms with E-state index in [1.54, 1.807) is 62.3 Å². The number of hydrogen-bond donors (Lipinski definition) is 25. The van der Waals surface area contributed by atoms with Gasteiger partial charge in [0, 0.05) is 78.5 Å². The predicted octanol–water partition coefficient (Wildman–Crippen LogP) is -7.32. The van der Waals surface area contributed by atoms with Gasteiger partial charge in [-0.2, -0.15) is 0 Å². The number of hydrogen-bond acceptors (Lipinski definition) is 46. The van der Waals surface area contributed by atoms with Crippen molar-refractivity contribution in [2.24, 2.45) is 0 Å². The van der Waals surface area contributed by atoms with Crippen LogP contribution in [0.15, 0.2) is 85.7 Å². The molecular formula is C94H162N8O42+4. The lowest BCUT2D eigenvalue weighted by molar-refractivity contribution is -0.380. The maximum atomic E-state index is 11.1. The van der Waals surface area contributed by atoms with Crippen LogP contribution in [0.25, 0.3) is 0 Å². The monoisotopic (exact) mass is 2080 g/mol. The van der Waals surface area contributed by atoms with E-state index in [4.69, 9.17) is 110 Å². The number of nitrogens with one attached hydrogen (secondary N) is 8. The molecule has 0 radical (unpaired) electrons. The van der Waals surface area contributed by atoms with Gasteiger partial charge in [0.05, 0.1) is 122 Å². The number of esters is 1. The Bertz CT molecular complexity index is 4090. The zero-order valence-corrected chi connectivity index (χ0v) is 83.8. The van der Waals surface area contributed by atoms with Crippen LogP contribution in [-0.4, -0.2) is 419 Å². The summed E-state index contributed by atoms with van der Waals surface area (Å²) >= 11 is 0. The molecule has 0 spiro atoms. The number of carbonyl (C=O) groups excluding carboxylic acids is 1. The van der Waals surface area contributed by atoms with Gasteiger partial charge in [0.15, 0.2) is 93.2 Å². The summed E-state index contributed by atoms with van der Waals surface area (Å²) in [5, 5.41) is 210. The minimum atomic E-state index is -1.63. The van der Waals surface area contributed by atoms with Crippen molar-refractivity contribution >= 4 is 5.97 Å². The Hall–Kier alpha value is -6.11. The SMILES string of the molecule is CC(C)(C)O[C@@H]1C(CO)OC(=O)C(O)[C@@H]1O.Cc1c[nH+]cc(CONCCCO[C@H]2OC(CO)=C[C@@H](O)C2O)c1.Cc1c[nH+]cc(CONCCCO[C@H]2OC(CO)C[C@@H](O)C2O)c1.Cc1c[nH+]cc(CONCCCO[C@H]2OC(CO)[C@@H](O[C@H]3OC(CO)[C@@H](OC(C)(C)C)[C@@H](O)C3O)[C@@H](O)C2O)c1.Cc1c[nH+]cc(CONCCCO[C@H]2OC(CO)[C@@H](O[C@H]3OC(CO)[C@@H](OC(C)(C)C)[C@@H](O)C3O)[C@@H](O)C2O)c1.[HH]. The largest absolute Gasteiger partial charge is 0.464 e. The lowest BCUT2D eigenvalue weighted by Gasteiger charge is -2.47. The van der Waals surface area contributed by atoms with Crippen molar-refractivity contribution in [2.45, 2.75) is 356 Å². The summed E-state index contributed by atoms with van der Waals surface area (Å²) in [5.41, 5.74) is 17.8. The number of aryl methyl sites for hydroxylation is 4. The van der Waals surface area contributed by atoms with E-state index in [0.717, 1.165) is 44.5 Å². The molecule has 7 aliphatic rings. The second-order valence-corrected chi connectivity index (χ2v) is 38.4. The number of H-pyrrole nitrogens is 4. The van der Waals surface area contributed by atoms with Crippen LogP contribution >= 0.6 is 0 Å². The van der Waals surface area contributed by atoms with Crippen LogP contribution in [0.3, 0.4) is 0 Å². The van der Waals surface area contributed by atoms with Gasteiger partial charge in [-0.25, -0.2) is 46.7 Å². The Morgan fingerprint density at radius 1 is 0.347 bits per heavy atom. The molecule has 0 saturated carbocycles. The first-order valence-electron chi connectivity index (χ1n) is 48.1. The molecule has 11 heterocycles. The van der Waals surface area contributed by atoms with Crippen LogP contribution in [0.4, 0.5) is 0 Å². The number of aliphatic hydroxyl groups excluding tert-OH is 21. The van der Waals surface area contributed by atoms with Gasteiger partial charge >= 0.3 is 5.97 Å². The average Bonchev–Trinajstić information content (AvgIpc) is 0.772. The standard InChI is InChI=1S/2C26H44N2O12.C16H26N2O6.C16H24N2O6.C10H18O6.H2/c2*1-14-8-15(10-27-9-14)13-36-28-6-5-7-35-24-20(33)18(31)22(16(11-29)37-24)39-25-21(34)19(32)23(17(12-30)38-25)40-26(2,3)4;2*1-11-5-12(8-17-7-11)10-23-18-3-2-4-22-16-15(21)14(20)6-13(9-19)24-16;1-10(2,3)16-8-5(4-11)15-9(14)7(13)6(8)12;/h2*8-10,16-25,28-34H,5-7,11-13H2,1-4H3;5,7-8,13-16,18-21H,2-4,6,9-10H2,1H3;5-8,14-16,18-21H,2-4,9-10H2,1H3;5-8,11-13H,4H2,1-3H3;1H/p+4/t2*16?,17?,18-,19-,20?,21?,22+,23+,24-,25+;13?,14-,15?,16+;14-,15?,16+;5?,6-,7?,8+;/m00110./s1. The van der Waals surface area contributed by atoms with Crippen LogP contribution in [0.2, 0.25) is 0 Å². The summed E-state index contributed by atoms with van der Waals surface area (Å²) in [5.74, 6) is -0.755. The second kappa shape index (κ2) is 63.3. The minimum absolute atomic E-state index is 0. The van der Waals surface area contributed by atoms with Crippen LogP contribution in [-0.2, 0) is 126 Å². The summed E-state index contributed by atoms with van der Waals surface area (Å²) in [6, 6.07) is 8.05. The molecule has 826 valence electrons. The minimum Gasteiger partial charge on any atom is -0.464 e. The van der Waals surface area contributed by atoms with Gasteiger partial charge in [-0.3, -0.25) is 19.4 Å². The fourth-order valence-electron chi connectivity index (χ4n) is 15.2. The third-order valence-corrected chi connectivity index (χ3v) is 22.3. The quantitative estimate of drug-likeness (QED) is 0.0111. The van der Waals surface area contributed by atoms with Crippen molar-refractivity contribution in [1.82, 2.24) is 21.9 Å². The lowest BCUT2D eigenvalue weighted by atomic mass is 9.96. The van der Waals surface area contributed by atoms with Crippen molar-refractivity contribution < 1.29 is 229 Å². The molecule has 50 heteroatoms. The molecule has 29 N–H and O–H groups in total. The molecule has 11 rings (SSSR count). The van der Waals surface area contributed by atoms with Crippen LogP contribution in [0, 0.1) is 27.7 Å². The van der Waals surface area contributed by atoms with Crippen LogP contribution < -0.4 is 41.9 Å². The number of hydroxylamine groups is 4. The van der Waals surface area contributed by atoms with Gasteiger partial charge in [-0.15, -0.1) is 0 Å². The normalized spacial score (nSPS) is 32.0. The van der Waals surface area contributed by atoms with Gasteiger partial charge in [-0.05, 0) is 146 Å². The predicted molar refractivity (Wildman–Crippen MR) is 495 cm³/mol. The molecule has 4 aromatic rings. The average molecular weight is 2080 g/mol. The Balaban J connectivity index is 0.000000287. The van der Waals surface area contributed by atoms with Crippen molar-refractivity contribution in [3.63, 3.8) is 0 Å². The molecule has 50 nitrogen and oxygen atoms in total. The smallest absolute Gasteiger partial charge is 0.338 e. The number of rotatable bonds is 46. The number of ether oxygens (including phenoxy) is 16. The number of pyridine rings is 4. The van der Waals surface area contributed by atoms with Crippen LogP contribution in [0.5, 0.6) is 0 Å². The molecular weight excluding hydrogens is 1910 g/mol. The highest BCUT2D eigenvalue weighted by atomic mass is 16.8. The van der Waals surface area contributed by atoms with E-state index in [1.165, 1.54) is 6.08 Å². The Labute approximate surface area is 837 Å². The van der Waals surface area contributed by atoms with Gasteiger partial charge in [0.25, 0.3) is 0 Å². The number of aromatic amines is 4. The molecule has 0 amide bonds. The number of aliphatic hydroxyl groups is 21. The molecule has 7 aliphatic heterocycles. The van der Waals surface area contributed by atoms with Crippen molar-refractivity contribution in [3.05, 3.63) is 130 Å². The van der Waals surface area contributed by atoms with Gasteiger partial charge in [0.2, 0.25) is 6.29 Å². The van der Waals surface area contributed by atoms with E-state index < -0.39 is 246 Å². The molecule has 31 atom stereocenters. The maximum Gasteiger partial charge on any atom is 0.338 e.